The van der Waals surface area contributed by atoms with Crippen LogP contribution in [-0.4, -0.2) is 49.7 Å². The van der Waals surface area contributed by atoms with Gasteiger partial charge in [0.1, 0.15) is 0 Å². The van der Waals surface area contributed by atoms with Crippen LogP contribution in [0.5, 0.6) is 0 Å². The van der Waals surface area contributed by atoms with Gasteiger partial charge in [-0.25, -0.2) is 12.7 Å². The smallest absolute Gasteiger partial charge is 0.224 e. The number of nitrogens with zero attached hydrogens (tertiary/aromatic N) is 2. The quantitative estimate of drug-likeness (QED) is 0.523. The first-order chi connectivity index (χ1) is 16.8. The third-order valence-corrected chi connectivity index (χ3v) is 9.23. The number of hydrogen-bond acceptors (Lipinski definition) is 4. The standard InChI is InChI=1S/C26H33Cl2N3O3S/c27-24-11-10-23(25(28)15-24)19-35(33,34)31-14-4-5-22(18-31)26(32)29-16-20-6-8-21(9-7-20)17-30-12-2-1-3-13-30/h6-11,15,22H,1-5,12-14,16-19H2,(H,29,32). The van der Waals surface area contributed by atoms with Crippen LogP contribution < -0.4 is 5.32 Å². The molecular weight excluding hydrogens is 505 g/mol. The van der Waals surface area contributed by atoms with Gasteiger partial charge in [0.05, 0.1) is 11.7 Å². The number of halogens is 2. The Hall–Kier alpha value is -1.64. The largest absolute Gasteiger partial charge is 0.352 e. The number of likely N-dealkylation sites (tertiary alicyclic amines) is 1. The van der Waals surface area contributed by atoms with Gasteiger partial charge in [0, 0.05) is 36.2 Å². The zero-order valence-corrected chi connectivity index (χ0v) is 22.2. The van der Waals surface area contributed by atoms with E-state index in [0.717, 1.165) is 12.1 Å². The molecule has 6 nitrogen and oxygen atoms in total. The molecule has 0 aromatic heterocycles. The summed E-state index contributed by atoms with van der Waals surface area (Å²) in [6.45, 7) is 4.34. The van der Waals surface area contributed by atoms with Crippen LogP contribution in [0.2, 0.25) is 10.0 Å². The average molecular weight is 539 g/mol. The molecule has 0 spiro atoms. The summed E-state index contributed by atoms with van der Waals surface area (Å²) in [4.78, 5) is 15.3. The summed E-state index contributed by atoms with van der Waals surface area (Å²) >= 11 is 12.1. The van der Waals surface area contributed by atoms with E-state index in [2.05, 4.69) is 34.5 Å². The second kappa shape index (κ2) is 12.1. The molecule has 1 atom stereocenters. The number of nitrogens with one attached hydrogen (secondary N) is 1. The predicted molar refractivity (Wildman–Crippen MR) is 141 cm³/mol. The highest BCUT2D eigenvalue weighted by Gasteiger charge is 2.32. The number of carbonyl (C=O) groups excluding carboxylic acids is 1. The molecule has 1 N–H and O–H groups in total. The zero-order valence-electron chi connectivity index (χ0n) is 19.9. The lowest BCUT2D eigenvalue weighted by molar-refractivity contribution is -0.126. The van der Waals surface area contributed by atoms with E-state index >= 15 is 0 Å². The van der Waals surface area contributed by atoms with Crippen molar-refractivity contribution in [3.05, 3.63) is 69.2 Å². The minimum absolute atomic E-state index is 0.105. The van der Waals surface area contributed by atoms with Crippen molar-refractivity contribution in [3.8, 4) is 0 Å². The van der Waals surface area contributed by atoms with E-state index in [-0.39, 0.29) is 24.1 Å². The van der Waals surface area contributed by atoms with Gasteiger partial charge in [0.25, 0.3) is 0 Å². The Balaban J connectivity index is 1.28. The Kier molecular flexibility index (Phi) is 9.11. The molecule has 2 heterocycles. The van der Waals surface area contributed by atoms with E-state index in [0.29, 0.717) is 41.5 Å². The summed E-state index contributed by atoms with van der Waals surface area (Å²) in [5.41, 5.74) is 2.83. The van der Waals surface area contributed by atoms with Gasteiger partial charge in [-0.05, 0) is 67.6 Å². The molecule has 1 unspecified atom stereocenters. The molecular formula is C26H33Cl2N3O3S. The molecule has 35 heavy (non-hydrogen) atoms. The molecule has 2 aliphatic heterocycles. The van der Waals surface area contributed by atoms with Crippen molar-refractivity contribution < 1.29 is 13.2 Å². The van der Waals surface area contributed by atoms with Crippen molar-refractivity contribution in [2.75, 3.05) is 26.2 Å². The van der Waals surface area contributed by atoms with Crippen LogP contribution in [0.4, 0.5) is 0 Å². The molecule has 0 radical (unpaired) electrons. The molecule has 2 aromatic rings. The van der Waals surface area contributed by atoms with E-state index in [1.165, 1.54) is 42.2 Å². The fraction of sp³-hybridized carbons (Fsp3) is 0.500. The van der Waals surface area contributed by atoms with Crippen LogP contribution >= 0.6 is 23.2 Å². The van der Waals surface area contributed by atoms with Gasteiger partial charge in [-0.15, -0.1) is 0 Å². The number of amides is 1. The van der Waals surface area contributed by atoms with Crippen LogP contribution in [-0.2, 0) is 33.7 Å². The fourth-order valence-electron chi connectivity index (χ4n) is 4.81. The monoisotopic (exact) mass is 537 g/mol. The molecule has 0 saturated carbocycles. The fourth-order valence-corrected chi connectivity index (χ4v) is 7.00. The van der Waals surface area contributed by atoms with Gasteiger partial charge in [0.2, 0.25) is 15.9 Å². The van der Waals surface area contributed by atoms with Crippen LogP contribution in [0, 0.1) is 5.92 Å². The van der Waals surface area contributed by atoms with Crippen molar-refractivity contribution in [3.63, 3.8) is 0 Å². The first-order valence-corrected chi connectivity index (χ1v) is 14.7. The highest BCUT2D eigenvalue weighted by atomic mass is 35.5. The van der Waals surface area contributed by atoms with Crippen LogP contribution in [0.3, 0.4) is 0 Å². The molecule has 1 amide bonds. The third-order valence-electron chi connectivity index (χ3n) is 6.85. The predicted octanol–water partition coefficient (Wildman–Crippen LogP) is 4.84. The number of carbonyl (C=O) groups is 1. The second-order valence-electron chi connectivity index (χ2n) is 9.56. The Morgan fingerprint density at radius 1 is 0.943 bits per heavy atom. The van der Waals surface area contributed by atoms with E-state index in [1.54, 1.807) is 18.2 Å². The Bertz CT molecular complexity index is 1120. The molecule has 2 fully saturated rings. The number of sulfonamides is 1. The van der Waals surface area contributed by atoms with Crippen molar-refractivity contribution in [2.24, 2.45) is 5.92 Å². The van der Waals surface area contributed by atoms with E-state index in [9.17, 15) is 13.2 Å². The number of benzene rings is 2. The van der Waals surface area contributed by atoms with Gasteiger partial charge in [-0.1, -0.05) is 60.0 Å². The molecule has 0 aliphatic carbocycles. The highest BCUT2D eigenvalue weighted by Crippen LogP contribution is 2.26. The first-order valence-electron chi connectivity index (χ1n) is 12.3. The maximum Gasteiger partial charge on any atom is 0.224 e. The molecule has 0 bridgehead atoms. The van der Waals surface area contributed by atoms with Gasteiger partial charge < -0.3 is 5.32 Å². The van der Waals surface area contributed by atoms with Crippen molar-refractivity contribution in [2.45, 2.75) is 50.9 Å². The summed E-state index contributed by atoms with van der Waals surface area (Å²) in [6, 6.07) is 13.2. The van der Waals surface area contributed by atoms with Gasteiger partial charge >= 0.3 is 0 Å². The number of piperidine rings is 2. The van der Waals surface area contributed by atoms with Crippen molar-refractivity contribution in [1.82, 2.24) is 14.5 Å². The summed E-state index contributed by atoms with van der Waals surface area (Å²) in [5.74, 6) is -0.675. The minimum Gasteiger partial charge on any atom is -0.352 e. The minimum atomic E-state index is -3.60. The third kappa shape index (κ3) is 7.43. The van der Waals surface area contributed by atoms with Crippen LogP contribution in [0.25, 0.3) is 0 Å². The summed E-state index contributed by atoms with van der Waals surface area (Å²) < 4.78 is 27.4. The molecule has 2 aliphatic rings. The van der Waals surface area contributed by atoms with Crippen molar-refractivity contribution in [1.29, 1.82) is 0 Å². The van der Waals surface area contributed by atoms with Gasteiger partial charge in [-0.3, -0.25) is 9.69 Å². The first kappa shape index (κ1) is 26.4. The van der Waals surface area contributed by atoms with Crippen LogP contribution in [0.1, 0.15) is 48.8 Å². The Morgan fingerprint density at radius 2 is 1.66 bits per heavy atom. The topological polar surface area (TPSA) is 69.7 Å². The lowest BCUT2D eigenvalue weighted by Gasteiger charge is -2.31. The van der Waals surface area contributed by atoms with E-state index in [1.807, 2.05) is 0 Å². The van der Waals surface area contributed by atoms with Gasteiger partial charge in [0.15, 0.2) is 0 Å². The lowest BCUT2D eigenvalue weighted by atomic mass is 9.98. The molecule has 4 rings (SSSR count). The van der Waals surface area contributed by atoms with E-state index in [4.69, 9.17) is 23.2 Å². The summed E-state index contributed by atoms with van der Waals surface area (Å²) in [6.07, 6.45) is 5.21. The lowest BCUT2D eigenvalue weighted by Crippen LogP contribution is -2.45. The molecule has 2 aromatic carbocycles. The number of rotatable bonds is 8. The number of hydrogen-bond donors (Lipinski definition) is 1. The molecule has 2 saturated heterocycles. The highest BCUT2D eigenvalue weighted by molar-refractivity contribution is 7.88. The van der Waals surface area contributed by atoms with E-state index < -0.39 is 10.0 Å². The maximum absolute atomic E-state index is 13.0. The SMILES string of the molecule is O=C(NCc1ccc(CN2CCCCC2)cc1)C1CCCN(S(=O)(=O)Cc2ccc(Cl)cc2Cl)C1. The van der Waals surface area contributed by atoms with Crippen molar-refractivity contribution >= 4 is 39.1 Å². The summed E-state index contributed by atoms with van der Waals surface area (Å²) in [7, 11) is -3.60. The van der Waals surface area contributed by atoms with Crippen LogP contribution in [0.15, 0.2) is 42.5 Å². The molecule has 9 heteroatoms. The molecule has 190 valence electrons. The Labute approximate surface area is 218 Å². The maximum atomic E-state index is 13.0. The second-order valence-corrected chi connectivity index (χ2v) is 12.4. The average Bonchev–Trinajstić information content (AvgIpc) is 2.86. The zero-order chi connectivity index (χ0) is 24.8. The van der Waals surface area contributed by atoms with Gasteiger partial charge in [-0.2, -0.15) is 0 Å². The Morgan fingerprint density at radius 3 is 2.37 bits per heavy atom. The normalized spacial score (nSPS) is 20.0. The summed E-state index contributed by atoms with van der Waals surface area (Å²) in [5, 5.41) is 3.79.